The van der Waals surface area contributed by atoms with E-state index >= 15 is 0 Å². The molecule has 0 atom stereocenters. The van der Waals surface area contributed by atoms with Gasteiger partial charge in [0.25, 0.3) is 5.91 Å². The van der Waals surface area contributed by atoms with Crippen molar-refractivity contribution in [1.82, 2.24) is 5.32 Å². The molecule has 0 aliphatic heterocycles. The lowest BCUT2D eigenvalue weighted by molar-refractivity contribution is -0.117. The quantitative estimate of drug-likeness (QED) is 0.215. The van der Waals surface area contributed by atoms with Crippen molar-refractivity contribution >= 4 is 35.1 Å². The predicted molar refractivity (Wildman–Crippen MR) is 134 cm³/mol. The average molecular weight is 457 g/mol. The first-order valence-electron chi connectivity index (χ1n) is 10.5. The number of allylic oxidation sites excluding steroid dienone is 5. The maximum atomic E-state index is 12.5. The zero-order chi connectivity index (χ0) is 23.8. The summed E-state index contributed by atoms with van der Waals surface area (Å²) in [5.41, 5.74) is 4.22. The summed E-state index contributed by atoms with van der Waals surface area (Å²) in [5.74, 6) is -1.14. The molecule has 2 aromatic carbocycles. The number of aromatic hydroxyl groups is 2. The zero-order valence-corrected chi connectivity index (χ0v) is 18.9. The summed E-state index contributed by atoms with van der Waals surface area (Å²) >= 11 is 4.96. The molecule has 0 fully saturated rings. The van der Waals surface area contributed by atoms with Crippen LogP contribution in [0.15, 0.2) is 77.9 Å². The molecule has 166 valence electrons. The van der Waals surface area contributed by atoms with E-state index in [1.54, 1.807) is 11.4 Å². The highest BCUT2D eigenvalue weighted by Gasteiger charge is 2.19. The smallest absolute Gasteiger partial charge is 0.262 e. The predicted octanol–water partition coefficient (Wildman–Crippen LogP) is 5.37. The van der Waals surface area contributed by atoms with Gasteiger partial charge in [0, 0.05) is 12.1 Å². The van der Waals surface area contributed by atoms with E-state index in [2.05, 4.69) is 11.9 Å². The molecule has 5 nitrogen and oxygen atoms in total. The van der Waals surface area contributed by atoms with E-state index in [9.17, 15) is 20.3 Å². The topological polar surface area (TPSA) is 93.4 Å². The number of nitriles is 1. The largest absolute Gasteiger partial charge is 0.504 e. The van der Waals surface area contributed by atoms with Crippen molar-refractivity contribution in [2.45, 2.75) is 25.8 Å². The highest BCUT2D eigenvalue weighted by Crippen LogP contribution is 2.41. The SMILES string of the molecule is C=C1CC=CC(c2cc(C=C(C#N)C(=O)NCc3ccccc3)cc(O)c2O)=C1CCC=S. The fraction of sp³-hybridized carbons (Fsp3) is 0.148. The monoisotopic (exact) mass is 456 g/mol. The van der Waals surface area contributed by atoms with Crippen molar-refractivity contribution in [3.8, 4) is 17.6 Å². The van der Waals surface area contributed by atoms with Crippen LogP contribution in [0.4, 0.5) is 0 Å². The summed E-state index contributed by atoms with van der Waals surface area (Å²) in [6, 6.07) is 14.2. The maximum Gasteiger partial charge on any atom is 0.262 e. The Kier molecular flexibility index (Phi) is 7.96. The Balaban J connectivity index is 1.95. The fourth-order valence-electron chi connectivity index (χ4n) is 3.62. The second kappa shape index (κ2) is 11.1. The molecule has 0 aromatic heterocycles. The molecule has 2 aromatic rings. The Morgan fingerprint density at radius 2 is 2.00 bits per heavy atom. The highest BCUT2D eigenvalue weighted by molar-refractivity contribution is 7.78. The van der Waals surface area contributed by atoms with Gasteiger partial charge in [-0.15, -0.1) is 0 Å². The van der Waals surface area contributed by atoms with Gasteiger partial charge in [0.1, 0.15) is 11.6 Å². The van der Waals surface area contributed by atoms with Crippen LogP contribution in [0, 0.1) is 11.3 Å². The summed E-state index contributed by atoms with van der Waals surface area (Å²) in [6.45, 7) is 4.41. The molecule has 6 heteroatoms. The van der Waals surface area contributed by atoms with E-state index in [-0.39, 0.29) is 23.6 Å². The minimum atomic E-state index is -0.526. The number of hydrogen-bond acceptors (Lipinski definition) is 5. The third kappa shape index (κ3) is 5.85. The number of phenolic OH excluding ortho intramolecular Hbond substituents is 2. The number of thiocarbonyl (C=S) groups is 1. The minimum Gasteiger partial charge on any atom is -0.504 e. The van der Waals surface area contributed by atoms with Crippen molar-refractivity contribution in [1.29, 1.82) is 5.26 Å². The molecule has 0 saturated carbocycles. The molecule has 0 spiro atoms. The first kappa shape index (κ1) is 23.7. The molecular formula is C27H24N2O3S. The van der Waals surface area contributed by atoms with Crippen LogP contribution < -0.4 is 5.32 Å². The van der Waals surface area contributed by atoms with Gasteiger partial charge >= 0.3 is 0 Å². The van der Waals surface area contributed by atoms with E-state index in [0.717, 1.165) is 22.3 Å². The van der Waals surface area contributed by atoms with Gasteiger partial charge in [0.2, 0.25) is 0 Å². The fourth-order valence-corrected chi connectivity index (χ4v) is 3.74. The number of rotatable bonds is 8. The van der Waals surface area contributed by atoms with Gasteiger partial charge in [-0.05, 0) is 70.7 Å². The number of phenols is 2. The Morgan fingerprint density at radius 1 is 1.24 bits per heavy atom. The third-order valence-corrected chi connectivity index (χ3v) is 5.52. The molecule has 3 N–H and O–H groups in total. The molecule has 0 unspecified atom stereocenters. The van der Waals surface area contributed by atoms with Gasteiger partial charge in [0.15, 0.2) is 11.5 Å². The molecule has 0 radical (unpaired) electrons. The molecule has 33 heavy (non-hydrogen) atoms. The van der Waals surface area contributed by atoms with Crippen molar-refractivity contribution in [2.75, 3.05) is 0 Å². The Morgan fingerprint density at radius 3 is 2.70 bits per heavy atom. The van der Waals surface area contributed by atoms with Crippen LogP contribution in [0.3, 0.4) is 0 Å². The second-order valence-electron chi connectivity index (χ2n) is 7.58. The number of hydrogen-bond donors (Lipinski definition) is 3. The van der Waals surface area contributed by atoms with Crippen molar-refractivity contribution in [3.63, 3.8) is 0 Å². The number of carbonyl (C=O) groups excluding carboxylic acids is 1. The lowest BCUT2D eigenvalue weighted by Crippen LogP contribution is -2.23. The summed E-state index contributed by atoms with van der Waals surface area (Å²) < 4.78 is 0. The van der Waals surface area contributed by atoms with Crippen LogP contribution >= 0.6 is 12.2 Å². The number of amides is 1. The summed E-state index contributed by atoms with van der Waals surface area (Å²) in [7, 11) is 0. The number of carbonyl (C=O) groups is 1. The molecule has 1 aliphatic rings. The Labute approximate surface area is 198 Å². The molecule has 1 amide bonds. The second-order valence-corrected chi connectivity index (χ2v) is 7.92. The van der Waals surface area contributed by atoms with Gasteiger partial charge in [-0.2, -0.15) is 5.26 Å². The van der Waals surface area contributed by atoms with E-state index in [4.69, 9.17) is 12.2 Å². The van der Waals surface area contributed by atoms with Crippen molar-refractivity contribution in [3.05, 3.63) is 94.6 Å². The van der Waals surface area contributed by atoms with Gasteiger partial charge in [-0.25, -0.2) is 0 Å². The van der Waals surface area contributed by atoms with Gasteiger partial charge in [-0.3, -0.25) is 4.79 Å². The first-order valence-corrected chi connectivity index (χ1v) is 10.9. The van der Waals surface area contributed by atoms with E-state index in [0.29, 0.717) is 30.4 Å². The van der Waals surface area contributed by atoms with E-state index in [1.165, 1.54) is 12.1 Å². The van der Waals surface area contributed by atoms with Crippen LogP contribution in [0.2, 0.25) is 0 Å². The summed E-state index contributed by atoms with van der Waals surface area (Å²) in [4.78, 5) is 12.5. The molecule has 0 heterocycles. The minimum absolute atomic E-state index is 0.111. The Bertz CT molecular complexity index is 1220. The van der Waals surface area contributed by atoms with Crippen LogP contribution in [0.5, 0.6) is 11.5 Å². The molecule has 1 aliphatic carbocycles. The standard InChI is InChI=1S/C27H24N2O3S/c1-18-7-5-10-23(22(18)11-6-12-33)24-14-20(15-25(30)26(24)31)13-21(16-28)27(32)29-17-19-8-3-2-4-9-19/h2-5,8-10,12-15,30-31H,1,6-7,11,17H2,(H,29,32). The van der Waals surface area contributed by atoms with Gasteiger partial charge < -0.3 is 15.5 Å². The third-order valence-electron chi connectivity index (χ3n) is 5.29. The first-order chi connectivity index (χ1) is 15.9. The number of nitrogens with zero attached hydrogens (tertiary/aromatic N) is 1. The van der Waals surface area contributed by atoms with Crippen LogP contribution in [-0.4, -0.2) is 21.5 Å². The normalized spacial score (nSPS) is 13.5. The highest BCUT2D eigenvalue weighted by atomic mass is 32.1. The van der Waals surface area contributed by atoms with E-state index in [1.807, 2.05) is 48.6 Å². The van der Waals surface area contributed by atoms with Crippen molar-refractivity contribution < 1.29 is 15.0 Å². The van der Waals surface area contributed by atoms with Gasteiger partial charge in [-0.1, -0.05) is 61.3 Å². The summed E-state index contributed by atoms with van der Waals surface area (Å²) in [6.07, 6.45) is 7.24. The maximum absolute atomic E-state index is 12.5. The number of benzene rings is 2. The van der Waals surface area contributed by atoms with Crippen LogP contribution in [-0.2, 0) is 11.3 Å². The van der Waals surface area contributed by atoms with Gasteiger partial charge in [0.05, 0.1) is 0 Å². The molecule has 3 rings (SSSR count). The lowest BCUT2D eigenvalue weighted by atomic mass is 9.86. The van der Waals surface area contributed by atoms with Crippen LogP contribution in [0.25, 0.3) is 11.6 Å². The van der Waals surface area contributed by atoms with Crippen molar-refractivity contribution in [2.24, 2.45) is 0 Å². The molecule has 0 saturated heterocycles. The lowest BCUT2D eigenvalue weighted by Gasteiger charge is -2.20. The summed E-state index contributed by atoms with van der Waals surface area (Å²) in [5, 5.41) is 34.8. The number of nitrogens with one attached hydrogen (secondary N) is 1. The van der Waals surface area contributed by atoms with E-state index < -0.39 is 5.91 Å². The average Bonchev–Trinajstić information content (AvgIpc) is 2.83. The molecule has 0 bridgehead atoms. The van der Waals surface area contributed by atoms with Crippen LogP contribution in [0.1, 0.15) is 36.0 Å². The Hall–Kier alpha value is -3.95. The zero-order valence-electron chi connectivity index (χ0n) is 18.0. The molecular weight excluding hydrogens is 432 g/mol.